The minimum absolute atomic E-state index is 0.166. The van der Waals surface area contributed by atoms with Crippen molar-refractivity contribution in [1.29, 1.82) is 0 Å². The lowest BCUT2D eigenvalue weighted by Crippen LogP contribution is -2.26. The lowest BCUT2D eigenvalue weighted by Gasteiger charge is -2.09. The summed E-state index contributed by atoms with van der Waals surface area (Å²) in [7, 11) is 0. The number of benzene rings is 2. The van der Waals surface area contributed by atoms with Crippen LogP contribution in [0.5, 0.6) is 0 Å². The van der Waals surface area contributed by atoms with Gasteiger partial charge in [0.25, 0.3) is 0 Å². The quantitative estimate of drug-likeness (QED) is 0.860. The van der Waals surface area contributed by atoms with Crippen LogP contribution in [0.2, 0.25) is 0 Å². The molecule has 1 saturated heterocycles. The number of amides is 1. The maximum absolute atomic E-state index is 11.9. The largest absolute Gasteiger partial charge is 0.356 e. The summed E-state index contributed by atoms with van der Waals surface area (Å²) in [6, 6.07) is 14.8. The van der Waals surface area contributed by atoms with Crippen LogP contribution in [0.1, 0.15) is 24.8 Å². The number of carbonyl (C=O) groups excluding carboxylic acids is 1. The second-order valence-corrected chi connectivity index (χ2v) is 6.18. The van der Waals surface area contributed by atoms with E-state index in [0.29, 0.717) is 6.42 Å². The number of carbonyl (C=O) groups is 1. The van der Waals surface area contributed by atoms with Crippen molar-refractivity contribution >= 4 is 16.7 Å². The summed E-state index contributed by atoms with van der Waals surface area (Å²) >= 11 is 0. The number of hydrogen-bond acceptors (Lipinski definition) is 2. The number of rotatable bonds is 6. The lowest BCUT2D eigenvalue weighted by atomic mass is 10.0. The third kappa shape index (κ3) is 4.08. The van der Waals surface area contributed by atoms with Crippen molar-refractivity contribution in [3.63, 3.8) is 0 Å². The molecule has 22 heavy (non-hydrogen) atoms. The smallest absolute Gasteiger partial charge is 0.220 e. The van der Waals surface area contributed by atoms with Gasteiger partial charge < -0.3 is 10.6 Å². The van der Waals surface area contributed by atoms with Gasteiger partial charge in [-0.25, -0.2) is 0 Å². The van der Waals surface area contributed by atoms with Crippen molar-refractivity contribution < 1.29 is 4.79 Å². The first-order valence-corrected chi connectivity index (χ1v) is 8.26. The molecular weight excluding hydrogens is 272 g/mol. The number of hydrogen-bond donors (Lipinski definition) is 2. The number of aryl methyl sites for hydroxylation is 1. The fraction of sp³-hybridized carbons (Fsp3) is 0.421. The fourth-order valence-electron chi connectivity index (χ4n) is 3.12. The van der Waals surface area contributed by atoms with Crippen LogP contribution in [-0.2, 0) is 11.2 Å². The molecule has 1 amide bonds. The fourth-order valence-corrected chi connectivity index (χ4v) is 3.12. The summed E-state index contributed by atoms with van der Waals surface area (Å²) in [5.74, 6) is 0.903. The molecule has 3 rings (SSSR count). The van der Waals surface area contributed by atoms with E-state index < -0.39 is 0 Å². The van der Waals surface area contributed by atoms with Gasteiger partial charge in [0.1, 0.15) is 0 Å². The lowest BCUT2D eigenvalue weighted by molar-refractivity contribution is -0.121. The van der Waals surface area contributed by atoms with Crippen LogP contribution in [0.15, 0.2) is 42.5 Å². The van der Waals surface area contributed by atoms with Gasteiger partial charge >= 0.3 is 0 Å². The second-order valence-electron chi connectivity index (χ2n) is 6.18. The highest BCUT2D eigenvalue weighted by Crippen LogP contribution is 2.16. The molecule has 1 aliphatic heterocycles. The zero-order valence-corrected chi connectivity index (χ0v) is 13.0. The van der Waals surface area contributed by atoms with Gasteiger partial charge in [0, 0.05) is 13.0 Å². The van der Waals surface area contributed by atoms with Gasteiger partial charge in [-0.1, -0.05) is 42.5 Å². The standard InChI is InChI=1S/C19H24N2O/c22-19(21-12-10-16-9-11-20-14-16)8-6-15-5-7-17-3-1-2-4-18(17)13-15/h1-5,7,13,16,20H,6,8-12,14H2,(H,21,22). The molecule has 2 N–H and O–H groups in total. The molecule has 1 unspecified atom stereocenters. The van der Waals surface area contributed by atoms with E-state index in [4.69, 9.17) is 0 Å². The molecule has 3 nitrogen and oxygen atoms in total. The van der Waals surface area contributed by atoms with Crippen molar-refractivity contribution in [2.24, 2.45) is 5.92 Å². The summed E-state index contributed by atoms with van der Waals surface area (Å²) in [5, 5.41) is 8.90. The molecule has 0 bridgehead atoms. The summed E-state index contributed by atoms with van der Waals surface area (Å²) in [6.45, 7) is 3.04. The Morgan fingerprint density at radius 3 is 2.86 bits per heavy atom. The average molecular weight is 296 g/mol. The van der Waals surface area contributed by atoms with Crippen LogP contribution in [0.3, 0.4) is 0 Å². The minimum atomic E-state index is 0.166. The molecule has 1 fully saturated rings. The van der Waals surface area contributed by atoms with Crippen LogP contribution in [0, 0.1) is 5.92 Å². The van der Waals surface area contributed by atoms with Crippen LogP contribution in [0.4, 0.5) is 0 Å². The minimum Gasteiger partial charge on any atom is -0.356 e. The van der Waals surface area contributed by atoms with Crippen molar-refractivity contribution in [2.75, 3.05) is 19.6 Å². The Hall–Kier alpha value is -1.87. The van der Waals surface area contributed by atoms with Crippen LogP contribution in [-0.4, -0.2) is 25.5 Å². The highest BCUT2D eigenvalue weighted by molar-refractivity contribution is 5.83. The van der Waals surface area contributed by atoms with E-state index in [2.05, 4.69) is 53.1 Å². The highest BCUT2D eigenvalue weighted by Gasteiger charge is 2.14. The van der Waals surface area contributed by atoms with Crippen LogP contribution >= 0.6 is 0 Å². The Bertz CT molecular complexity index is 632. The van der Waals surface area contributed by atoms with Crippen molar-refractivity contribution in [1.82, 2.24) is 10.6 Å². The van der Waals surface area contributed by atoms with E-state index in [9.17, 15) is 4.79 Å². The molecule has 0 radical (unpaired) electrons. The normalized spacial score (nSPS) is 17.7. The Morgan fingerprint density at radius 2 is 2.05 bits per heavy atom. The Morgan fingerprint density at radius 1 is 1.18 bits per heavy atom. The van der Waals surface area contributed by atoms with Gasteiger partial charge in [-0.15, -0.1) is 0 Å². The van der Waals surface area contributed by atoms with Crippen molar-refractivity contribution in [2.45, 2.75) is 25.7 Å². The Kier molecular flexibility index (Phi) is 5.07. The molecule has 1 heterocycles. The number of nitrogens with one attached hydrogen (secondary N) is 2. The first kappa shape index (κ1) is 15.0. The van der Waals surface area contributed by atoms with Gasteiger partial charge in [-0.05, 0) is 54.6 Å². The van der Waals surface area contributed by atoms with E-state index >= 15 is 0 Å². The van der Waals surface area contributed by atoms with E-state index in [1.807, 2.05) is 0 Å². The SMILES string of the molecule is O=C(CCc1ccc2ccccc2c1)NCCC1CCNC1. The maximum atomic E-state index is 11.9. The molecule has 2 aromatic rings. The molecule has 2 aromatic carbocycles. The molecule has 0 aromatic heterocycles. The molecule has 116 valence electrons. The molecule has 1 aliphatic rings. The third-order valence-corrected chi connectivity index (χ3v) is 4.49. The van der Waals surface area contributed by atoms with Gasteiger partial charge in [0.2, 0.25) is 5.91 Å². The van der Waals surface area contributed by atoms with E-state index in [1.165, 1.54) is 22.8 Å². The van der Waals surface area contributed by atoms with Crippen molar-refractivity contribution in [3.8, 4) is 0 Å². The van der Waals surface area contributed by atoms with E-state index in [1.54, 1.807) is 0 Å². The first-order chi connectivity index (χ1) is 10.8. The third-order valence-electron chi connectivity index (χ3n) is 4.49. The van der Waals surface area contributed by atoms with Gasteiger partial charge in [0.05, 0.1) is 0 Å². The average Bonchev–Trinajstić information content (AvgIpc) is 3.06. The molecule has 1 atom stereocenters. The number of fused-ring (bicyclic) bond motifs is 1. The topological polar surface area (TPSA) is 41.1 Å². The highest BCUT2D eigenvalue weighted by atomic mass is 16.1. The summed E-state index contributed by atoms with van der Waals surface area (Å²) in [6.07, 6.45) is 3.71. The summed E-state index contributed by atoms with van der Waals surface area (Å²) in [5.41, 5.74) is 1.23. The van der Waals surface area contributed by atoms with Gasteiger partial charge in [0.15, 0.2) is 0 Å². The molecular formula is C19H24N2O. The zero-order valence-electron chi connectivity index (χ0n) is 13.0. The van der Waals surface area contributed by atoms with Crippen molar-refractivity contribution in [3.05, 3.63) is 48.0 Å². The predicted octanol–water partition coefficient (Wildman–Crippen LogP) is 2.89. The van der Waals surface area contributed by atoms with Gasteiger partial charge in [-0.3, -0.25) is 4.79 Å². The summed E-state index contributed by atoms with van der Waals surface area (Å²) in [4.78, 5) is 11.9. The molecule has 0 spiro atoms. The van der Waals surface area contributed by atoms with Crippen LogP contribution < -0.4 is 10.6 Å². The monoisotopic (exact) mass is 296 g/mol. The summed E-state index contributed by atoms with van der Waals surface area (Å²) < 4.78 is 0. The van der Waals surface area contributed by atoms with Crippen LogP contribution in [0.25, 0.3) is 10.8 Å². The zero-order chi connectivity index (χ0) is 15.2. The molecule has 0 aliphatic carbocycles. The Balaban J connectivity index is 1.43. The second kappa shape index (κ2) is 7.41. The maximum Gasteiger partial charge on any atom is 0.220 e. The van der Waals surface area contributed by atoms with E-state index in [0.717, 1.165) is 38.4 Å². The first-order valence-electron chi connectivity index (χ1n) is 8.26. The van der Waals surface area contributed by atoms with Gasteiger partial charge in [-0.2, -0.15) is 0 Å². The van der Waals surface area contributed by atoms with E-state index in [-0.39, 0.29) is 5.91 Å². The molecule has 0 saturated carbocycles. The Labute approximate surface area is 132 Å². The molecule has 3 heteroatoms. The predicted molar refractivity (Wildman–Crippen MR) is 90.9 cm³/mol.